The Labute approximate surface area is 190 Å². The van der Waals surface area contributed by atoms with E-state index in [0.717, 1.165) is 11.1 Å². The van der Waals surface area contributed by atoms with E-state index in [2.05, 4.69) is 5.32 Å². The zero-order valence-electron chi connectivity index (χ0n) is 17.6. The Morgan fingerprint density at radius 3 is 2.18 bits per heavy atom. The predicted molar refractivity (Wildman–Crippen MR) is 129 cm³/mol. The van der Waals surface area contributed by atoms with Crippen LogP contribution in [0.4, 0.5) is 5.69 Å². The number of amides is 1. The number of Topliss-reactive ketones (excluding diaryl/α,β-unsaturated/α-hetero) is 1. The summed E-state index contributed by atoms with van der Waals surface area (Å²) in [6.07, 6.45) is 1.79. The fourth-order valence-electron chi connectivity index (χ4n) is 3.75. The number of carbonyl (C=O) groups is 2. The van der Waals surface area contributed by atoms with Gasteiger partial charge >= 0.3 is 0 Å². The monoisotopic (exact) mass is 432 g/mol. The zero-order chi connectivity index (χ0) is 22.6. The summed E-state index contributed by atoms with van der Waals surface area (Å²) >= 11 is 0. The second-order valence-electron chi connectivity index (χ2n) is 7.46. The summed E-state index contributed by atoms with van der Waals surface area (Å²) in [7, 11) is 0. The summed E-state index contributed by atoms with van der Waals surface area (Å²) in [5, 5.41) is 2.74. The topological polar surface area (TPSA) is 59.8 Å². The van der Waals surface area contributed by atoms with Crippen LogP contribution in [0.2, 0.25) is 0 Å². The summed E-state index contributed by atoms with van der Waals surface area (Å²) in [5.74, 6) is -0.280. The van der Waals surface area contributed by atoms with E-state index in [9.17, 15) is 9.59 Å². The molecule has 3 aromatic carbocycles. The highest BCUT2D eigenvalue weighted by atomic mass is 16.5. The maximum Gasteiger partial charge on any atom is 0.298 e. The van der Waals surface area contributed by atoms with E-state index >= 15 is 0 Å². The van der Waals surface area contributed by atoms with E-state index in [4.69, 9.17) is 4.74 Å². The molecule has 5 heteroatoms. The maximum absolute atomic E-state index is 13.4. The standard InChI is InChI=1S/C28H20N2O3/c31-27(26-23(20-11-3-1-4-12-20)19-21-13-9-10-18-30(21)26)28(32)29-24-16-7-8-17-25(24)33-22-14-5-2-6-15-22/h1-19H,(H,29,32). The number of carbonyl (C=O) groups excluding carboxylic acids is 2. The Morgan fingerprint density at radius 1 is 0.727 bits per heavy atom. The van der Waals surface area contributed by atoms with Crippen molar-refractivity contribution >= 4 is 22.9 Å². The number of aromatic nitrogens is 1. The lowest BCUT2D eigenvalue weighted by atomic mass is 10.0. The van der Waals surface area contributed by atoms with Crippen LogP contribution in [-0.4, -0.2) is 16.1 Å². The molecule has 5 aromatic rings. The molecule has 0 spiro atoms. The molecule has 2 heterocycles. The highest BCUT2D eigenvalue weighted by molar-refractivity contribution is 6.47. The van der Waals surface area contributed by atoms with Gasteiger partial charge in [0.2, 0.25) is 0 Å². The van der Waals surface area contributed by atoms with Crippen LogP contribution < -0.4 is 10.1 Å². The number of hydrogen-bond acceptors (Lipinski definition) is 3. The minimum Gasteiger partial charge on any atom is -0.455 e. The summed E-state index contributed by atoms with van der Waals surface area (Å²) in [4.78, 5) is 26.5. The normalized spacial score (nSPS) is 10.7. The average Bonchev–Trinajstić information content (AvgIpc) is 3.25. The summed E-state index contributed by atoms with van der Waals surface area (Å²) in [6, 6.07) is 33.4. The SMILES string of the molecule is O=C(Nc1ccccc1Oc1ccccc1)C(=O)c1c(-c2ccccc2)cc2ccccn12. The molecule has 0 aliphatic carbocycles. The lowest BCUT2D eigenvalue weighted by Crippen LogP contribution is -2.24. The van der Waals surface area contributed by atoms with E-state index in [0.29, 0.717) is 28.4 Å². The van der Waals surface area contributed by atoms with Crippen molar-refractivity contribution in [3.8, 4) is 22.6 Å². The first-order valence-corrected chi connectivity index (χ1v) is 10.5. The van der Waals surface area contributed by atoms with Gasteiger partial charge in [0.05, 0.1) is 5.69 Å². The largest absolute Gasteiger partial charge is 0.455 e. The first kappa shape index (κ1) is 20.3. The molecule has 33 heavy (non-hydrogen) atoms. The molecule has 5 nitrogen and oxygen atoms in total. The number of nitrogens with zero attached hydrogens (tertiary/aromatic N) is 1. The maximum atomic E-state index is 13.4. The van der Waals surface area contributed by atoms with Gasteiger partial charge in [-0.15, -0.1) is 0 Å². The third kappa shape index (κ3) is 4.12. The number of rotatable bonds is 6. The van der Waals surface area contributed by atoms with Crippen LogP contribution >= 0.6 is 0 Å². The number of benzene rings is 3. The minimum atomic E-state index is -0.736. The van der Waals surface area contributed by atoms with Gasteiger partial charge in [-0.1, -0.05) is 66.7 Å². The van der Waals surface area contributed by atoms with Gasteiger partial charge in [0, 0.05) is 17.3 Å². The number of para-hydroxylation sites is 3. The van der Waals surface area contributed by atoms with Crippen molar-refractivity contribution in [1.29, 1.82) is 0 Å². The van der Waals surface area contributed by atoms with E-state index in [1.165, 1.54) is 0 Å². The number of fused-ring (bicyclic) bond motifs is 1. The highest BCUT2D eigenvalue weighted by Crippen LogP contribution is 2.31. The van der Waals surface area contributed by atoms with Crippen LogP contribution in [0.5, 0.6) is 11.5 Å². The van der Waals surface area contributed by atoms with Crippen LogP contribution in [0.3, 0.4) is 0 Å². The number of ether oxygens (including phenoxy) is 1. The van der Waals surface area contributed by atoms with Crippen molar-refractivity contribution < 1.29 is 14.3 Å². The molecule has 0 saturated heterocycles. The molecular weight excluding hydrogens is 412 g/mol. The van der Waals surface area contributed by atoms with Gasteiger partial charge in [0.25, 0.3) is 11.7 Å². The quantitative estimate of drug-likeness (QED) is 0.256. The van der Waals surface area contributed by atoms with Gasteiger partial charge in [-0.05, 0) is 48.0 Å². The Kier molecular flexibility index (Phi) is 5.43. The van der Waals surface area contributed by atoms with Crippen molar-refractivity contribution in [2.75, 3.05) is 5.32 Å². The summed E-state index contributed by atoms with van der Waals surface area (Å²) < 4.78 is 7.66. The third-order valence-corrected chi connectivity index (χ3v) is 5.29. The van der Waals surface area contributed by atoms with Crippen molar-refractivity contribution in [2.24, 2.45) is 0 Å². The van der Waals surface area contributed by atoms with Crippen molar-refractivity contribution in [3.05, 3.63) is 121 Å². The molecule has 1 N–H and O–H groups in total. The molecule has 0 fully saturated rings. The second kappa shape index (κ2) is 8.85. The van der Waals surface area contributed by atoms with Crippen LogP contribution in [0.15, 0.2) is 115 Å². The Hall–Kier alpha value is -4.64. The molecule has 0 atom stereocenters. The summed E-state index contributed by atoms with van der Waals surface area (Å²) in [6.45, 7) is 0. The predicted octanol–water partition coefficient (Wildman–Crippen LogP) is 6.22. The smallest absolute Gasteiger partial charge is 0.298 e. The molecule has 0 aliphatic rings. The van der Waals surface area contributed by atoms with Gasteiger partial charge in [0.15, 0.2) is 5.75 Å². The molecule has 0 radical (unpaired) electrons. The fraction of sp³-hybridized carbons (Fsp3) is 0. The first-order chi connectivity index (χ1) is 16.2. The van der Waals surface area contributed by atoms with Gasteiger partial charge in [-0.3, -0.25) is 9.59 Å². The molecular formula is C28H20N2O3. The van der Waals surface area contributed by atoms with Crippen LogP contribution in [0.25, 0.3) is 16.6 Å². The van der Waals surface area contributed by atoms with E-state index in [1.54, 1.807) is 28.8 Å². The Balaban J connectivity index is 1.49. The molecule has 5 rings (SSSR count). The van der Waals surface area contributed by atoms with Crippen LogP contribution in [0, 0.1) is 0 Å². The van der Waals surface area contributed by atoms with E-state index in [1.807, 2.05) is 91.0 Å². The summed E-state index contributed by atoms with van der Waals surface area (Å²) in [5.41, 5.74) is 3.14. The van der Waals surface area contributed by atoms with Gasteiger partial charge < -0.3 is 14.5 Å². The van der Waals surface area contributed by atoms with E-state index in [-0.39, 0.29) is 0 Å². The third-order valence-electron chi connectivity index (χ3n) is 5.29. The average molecular weight is 432 g/mol. The molecule has 2 aromatic heterocycles. The number of hydrogen-bond donors (Lipinski definition) is 1. The van der Waals surface area contributed by atoms with E-state index < -0.39 is 11.7 Å². The lowest BCUT2D eigenvalue weighted by molar-refractivity contribution is -0.112. The number of pyridine rings is 1. The number of anilines is 1. The van der Waals surface area contributed by atoms with Gasteiger partial charge in [0.1, 0.15) is 11.4 Å². The van der Waals surface area contributed by atoms with Gasteiger partial charge in [-0.25, -0.2) is 0 Å². The molecule has 1 amide bonds. The fourth-order valence-corrected chi connectivity index (χ4v) is 3.75. The minimum absolute atomic E-state index is 0.316. The first-order valence-electron chi connectivity index (χ1n) is 10.5. The zero-order valence-corrected chi connectivity index (χ0v) is 17.6. The Morgan fingerprint density at radius 2 is 1.39 bits per heavy atom. The molecule has 0 saturated carbocycles. The molecule has 160 valence electrons. The van der Waals surface area contributed by atoms with Crippen LogP contribution in [-0.2, 0) is 4.79 Å². The van der Waals surface area contributed by atoms with Crippen LogP contribution in [0.1, 0.15) is 10.5 Å². The van der Waals surface area contributed by atoms with Gasteiger partial charge in [-0.2, -0.15) is 0 Å². The molecule has 0 aliphatic heterocycles. The molecule has 0 bridgehead atoms. The number of ketones is 1. The number of nitrogens with one attached hydrogen (secondary N) is 1. The van der Waals surface area contributed by atoms with Crippen molar-refractivity contribution in [3.63, 3.8) is 0 Å². The Bertz CT molecular complexity index is 1440. The van der Waals surface area contributed by atoms with Crippen molar-refractivity contribution in [1.82, 2.24) is 4.40 Å². The van der Waals surface area contributed by atoms with Crippen molar-refractivity contribution in [2.45, 2.75) is 0 Å². The molecule has 0 unspecified atom stereocenters. The second-order valence-corrected chi connectivity index (χ2v) is 7.46. The lowest BCUT2D eigenvalue weighted by Gasteiger charge is -2.12. The highest BCUT2D eigenvalue weighted by Gasteiger charge is 2.25.